The summed E-state index contributed by atoms with van der Waals surface area (Å²) in [6.45, 7) is 8.48. The van der Waals surface area contributed by atoms with E-state index in [2.05, 4.69) is 0 Å². The largest absolute Gasteiger partial charge is 0.436 e. The van der Waals surface area contributed by atoms with E-state index in [0.717, 1.165) is 0 Å². The van der Waals surface area contributed by atoms with Gasteiger partial charge in [-0.2, -0.15) is 0 Å². The summed E-state index contributed by atoms with van der Waals surface area (Å²) in [5, 5.41) is 11.4. The van der Waals surface area contributed by atoms with Crippen molar-refractivity contribution in [3.63, 3.8) is 0 Å². The van der Waals surface area contributed by atoms with Gasteiger partial charge in [-0.15, -0.1) is 0 Å². The van der Waals surface area contributed by atoms with E-state index in [0.29, 0.717) is 12.0 Å². The molecule has 0 aromatic carbocycles. The van der Waals surface area contributed by atoms with Crippen LogP contribution in [0, 0.1) is 11.3 Å². The average molecular weight is 310 g/mol. The Morgan fingerprint density at radius 2 is 2.05 bits per heavy atom. The van der Waals surface area contributed by atoms with Crippen LogP contribution in [-0.2, 0) is 23.8 Å². The number of carbonyl (C=O) groups excluding carboxylic acids is 2. The maximum Gasteiger partial charge on any atom is 0.304 e. The molecular weight excluding hydrogens is 288 g/mol. The third kappa shape index (κ3) is 1.66. The molecule has 0 unspecified atom stereocenters. The maximum absolute atomic E-state index is 12.2. The lowest BCUT2D eigenvalue weighted by molar-refractivity contribution is -0.299. The number of aliphatic hydroxyl groups is 1. The van der Waals surface area contributed by atoms with Crippen molar-refractivity contribution in [1.82, 2.24) is 0 Å². The topological polar surface area (TPSA) is 82.1 Å². The summed E-state index contributed by atoms with van der Waals surface area (Å²) in [6, 6.07) is 0. The van der Waals surface area contributed by atoms with Gasteiger partial charge in [0.1, 0.15) is 11.7 Å². The molecule has 2 aliphatic heterocycles. The maximum atomic E-state index is 12.2. The Labute approximate surface area is 129 Å². The molecule has 0 amide bonds. The molecule has 122 valence electrons. The van der Waals surface area contributed by atoms with Crippen LogP contribution in [0.25, 0.3) is 0 Å². The highest BCUT2D eigenvalue weighted by molar-refractivity contribution is 5.97. The van der Waals surface area contributed by atoms with Crippen LogP contribution in [0.4, 0.5) is 0 Å². The molecule has 1 spiro atoms. The van der Waals surface area contributed by atoms with E-state index >= 15 is 0 Å². The highest BCUT2D eigenvalue weighted by atomic mass is 16.8. The molecule has 0 aromatic heterocycles. The second-order valence-corrected chi connectivity index (χ2v) is 7.19. The number of carbonyl (C=O) groups is 2. The van der Waals surface area contributed by atoms with E-state index < -0.39 is 35.2 Å². The standard InChI is InChI=1S/C16H22O6/c1-8-7-15(22-13(8)20-10(3)17)16(19)9(2)6-11(18)12(21-15)14(16,4)5/h6,8,12-13,19H,7H2,1-5H3/t8-,12-,13+,15-,16-/m1/s1. The second-order valence-electron chi connectivity index (χ2n) is 7.19. The van der Waals surface area contributed by atoms with Crippen LogP contribution < -0.4 is 0 Å². The van der Waals surface area contributed by atoms with Crippen molar-refractivity contribution in [2.75, 3.05) is 0 Å². The number of ether oxygens (including phenoxy) is 3. The molecular formula is C16H22O6. The van der Waals surface area contributed by atoms with E-state index in [-0.39, 0.29) is 11.7 Å². The first kappa shape index (κ1) is 15.6. The van der Waals surface area contributed by atoms with Gasteiger partial charge in [0, 0.05) is 24.7 Å². The van der Waals surface area contributed by atoms with Crippen LogP contribution >= 0.6 is 0 Å². The summed E-state index contributed by atoms with van der Waals surface area (Å²) >= 11 is 0. The molecule has 6 heteroatoms. The number of esters is 1. The third-order valence-corrected chi connectivity index (χ3v) is 5.28. The molecule has 2 fully saturated rings. The van der Waals surface area contributed by atoms with Crippen molar-refractivity contribution in [3.8, 4) is 0 Å². The summed E-state index contributed by atoms with van der Waals surface area (Å²) < 4.78 is 17.0. The average Bonchev–Trinajstić information content (AvgIpc) is 2.74. The molecule has 2 bridgehead atoms. The Kier molecular flexibility index (Phi) is 3.13. The van der Waals surface area contributed by atoms with Gasteiger partial charge in [0.25, 0.3) is 0 Å². The van der Waals surface area contributed by atoms with Gasteiger partial charge >= 0.3 is 5.97 Å². The fraction of sp³-hybridized carbons (Fsp3) is 0.750. The van der Waals surface area contributed by atoms with Gasteiger partial charge in [-0.05, 0) is 18.6 Å². The zero-order valence-corrected chi connectivity index (χ0v) is 13.5. The Morgan fingerprint density at radius 3 is 2.64 bits per heavy atom. The van der Waals surface area contributed by atoms with Crippen molar-refractivity contribution < 1.29 is 28.9 Å². The zero-order chi connectivity index (χ0) is 16.5. The third-order valence-electron chi connectivity index (χ3n) is 5.28. The minimum absolute atomic E-state index is 0.147. The smallest absolute Gasteiger partial charge is 0.304 e. The summed E-state index contributed by atoms with van der Waals surface area (Å²) in [4.78, 5) is 23.5. The van der Waals surface area contributed by atoms with E-state index in [1.807, 2.05) is 6.92 Å². The second kappa shape index (κ2) is 4.40. The zero-order valence-electron chi connectivity index (χ0n) is 13.5. The molecule has 22 heavy (non-hydrogen) atoms. The normalized spacial score (nSPS) is 46.0. The van der Waals surface area contributed by atoms with Crippen LogP contribution in [0.3, 0.4) is 0 Å². The van der Waals surface area contributed by atoms with Gasteiger partial charge < -0.3 is 19.3 Å². The predicted octanol–water partition coefficient (Wildman–Crippen LogP) is 1.31. The quantitative estimate of drug-likeness (QED) is 0.735. The lowest BCUT2D eigenvalue weighted by Gasteiger charge is -2.45. The van der Waals surface area contributed by atoms with Gasteiger partial charge in [-0.1, -0.05) is 20.8 Å². The van der Waals surface area contributed by atoms with Gasteiger partial charge in [-0.3, -0.25) is 9.59 Å². The molecule has 2 saturated heterocycles. The highest BCUT2D eigenvalue weighted by Crippen LogP contribution is 2.62. The molecule has 1 aliphatic carbocycles. The first-order chi connectivity index (χ1) is 10.0. The van der Waals surface area contributed by atoms with Crippen molar-refractivity contribution in [1.29, 1.82) is 0 Å². The number of hydrogen-bond acceptors (Lipinski definition) is 6. The molecule has 5 atom stereocenters. The molecule has 0 radical (unpaired) electrons. The predicted molar refractivity (Wildman–Crippen MR) is 75.5 cm³/mol. The van der Waals surface area contributed by atoms with E-state index in [1.54, 1.807) is 20.8 Å². The van der Waals surface area contributed by atoms with Gasteiger partial charge in [0.15, 0.2) is 5.78 Å². The van der Waals surface area contributed by atoms with Gasteiger partial charge in [0.2, 0.25) is 12.1 Å². The van der Waals surface area contributed by atoms with Crippen LogP contribution in [0.5, 0.6) is 0 Å². The van der Waals surface area contributed by atoms with Crippen molar-refractivity contribution >= 4 is 11.8 Å². The van der Waals surface area contributed by atoms with Crippen LogP contribution in [0.2, 0.25) is 0 Å². The Bertz CT molecular complexity index is 579. The summed E-state index contributed by atoms with van der Waals surface area (Å²) in [6.07, 6.45) is 0.210. The van der Waals surface area contributed by atoms with Crippen LogP contribution in [0.1, 0.15) is 41.0 Å². The van der Waals surface area contributed by atoms with E-state index in [4.69, 9.17) is 14.2 Å². The Hall–Kier alpha value is -1.24. The number of fused-ring (bicyclic) bond motifs is 3. The fourth-order valence-electron chi connectivity index (χ4n) is 4.20. The first-order valence-electron chi connectivity index (χ1n) is 7.53. The molecule has 2 heterocycles. The van der Waals surface area contributed by atoms with E-state index in [1.165, 1.54) is 13.0 Å². The fourth-order valence-corrected chi connectivity index (χ4v) is 4.20. The molecule has 3 aliphatic rings. The summed E-state index contributed by atoms with van der Waals surface area (Å²) in [7, 11) is 0. The lowest BCUT2D eigenvalue weighted by atomic mass is 9.61. The van der Waals surface area contributed by atoms with Crippen molar-refractivity contribution in [3.05, 3.63) is 11.6 Å². The monoisotopic (exact) mass is 310 g/mol. The van der Waals surface area contributed by atoms with Gasteiger partial charge in [0.05, 0.1) is 0 Å². The minimum Gasteiger partial charge on any atom is -0.436 e. The summed E-state index contributed by atoms with van der Waals surface area (Å²) in [5.41, 5.74) is -1.75. The number of rotatable bonds is 1. The summed E-state index contributed by atoms with van der Waals surface area (Å²) in [5.74, 6) is -2.14. The SMILES string of the molecule is CC(=O)O[C@H]1O[C@@]2(C[C@H]1C)O[C@@H]1C(=O)C=C(C)[C@@]2(O)C1(C)C. The highest BCUT2D eigenvalue weighted by Gasteiger charge is 2.76. The molecule has 0 aromatic rings. The first-order valence-corrected chi connectivity index (χ1v) is 7.53. The van der Waals surface area contributed by atoms with Crippen LogP contribution in [-0.4, -0.2) is 40.6 Å². The Morgan fingerprint density at radius 1 is 1.41 bits per heavy atom. The molecule has 0 saturated carbocycles. The van der Waals surface area contributed by atoms with Crippen molar-refractivity contribution in [2.45, 2.75) is 64.8 Å². The molecule has 3 rings (SSSR count). The van der Waals surface area contributed by atoms with Crippen molar-refractivity contribution in [2.24, 2.45) is 11.3 Å². The lowest BCUT2D eigenvalue weighted by Crippen LogP contribution is -2.60. The van der Waals surface area contributed by atoms with Crippen LogP contribution in [0.15, 0.2) is 11.6 Å². The molecule has 1 N–H and O–H groups in total. The van der Waals surface area contributed by atoms with Gasteiger partial charge in [-0.25, -0.2) is 0 Å². The minimum atomic E-state index is -1.44. The number of hydrogen-bond donors (Lipinski definition) is 1. The number of ketones is 1. The molecule has 6 nitrogen and oxygen atoms in total. The Balaban J connectivity index is 2.05. The van der Waals surface area contributed by atoms with E-state index in [9.17, 15) is 14.7 Å².